The second-order valence-electron chi connectivity index (χ2n) is 9.73. The summed E-state index contributed by atoms with van der Waals surface area (Å²) < 4.78 is 13.6. The Bertz CT molecular complexity index is 1230. The standard InChI is InChI=1S/C26H35N3O5/c1-16-21(12-13-22(31)33-7)17(2)27-24-23(16)25(32)29(28(24)6)14-19(30)15-34-20-10-8-18(9-11-20)26(3,4)5/h8-11,19,30H,12-15H2,1-7H3. The zero-order valence-corrected chi connectivity index (χ0v) is 21.1. The normalized spacial score (nSPS) is 12.7. The Morgan fingerprint density at radius 2 is 1.82 bits per heavy atom. The van der Waals surface area contributed by atoms with E-state index in [1.54, 1.807) is 11.7 Å². The lowest BCUT2D eigenvalue weighted by Crippen LogP contribution is -2.31. The van der Waals surface area contributed by atoms with Crippen LogP contribution in [-0.4, -0.2) is 45.2 Å². The number of aliphatic hydroxyl groups is 1. The second-order valence-corrected chi connectivity index (χ2v) is 9.73. The summed E-state index contributed by atoms with van der Waals surface area (Å²) in [6.45, 7) is 10.3. The largest absolute Gasteiger partial charge is 0.491 e. The van der Waals surface area contributed by atoms with E-state index in [0.717, 1.165) is 16.8 Å². The first-order valence-corrected chi connectivity index (χ1v) is 11.5. The topological polar surface area (TPSA) is 95.6 Å². The van der Waals surface area contributed by atoms with Gasteiger partial charge in [-0.05, 0) is 54.5 Å². The molecule has 0 spiro atoms. The van der Waals surface area contributed by atoms with E-state index in [1.165, 1.54) is 17.4 Å². The molecule has 0 saturated carbocycles. The van der Waals surface area contributed by atoms with Crippen LogP contribution in [0.3, 0.4) is 0 Å². The Kier molecular flexibility index (Phi) is 7.51. The Morgan fingerprint density at radius 1 is 1.18 bits per heavy atom. The van der Waals surface area contributed by atoms with Crippen molar-refractivity contribution in [3.63, 3.8) is 0 Å². The lowest BCUT2D eigenvalue weighted by molar-refractivity contribution is -0.140. The van der Waals surface area contributed by atoms with Gasteiger partial charge in [0.25, 0.3) is 5.56 Å². The molecule has 0 fully saturated rings. The number of aliphatic hydroxyl groups excluding tert-OH is 1. The van der Waals surface area contributed by atoms with Crippen LogP contribution in [0.4, 0.5) is 0 Å². The zero-order valence-electron chi connectivity index (χ0n) is 21.1. The van der Waals surface area contributed by atoms with Crippen LogP contribution in [0.15, 0.2) is 29.1 Å². The van der Waals surface area contributed by atoms with E-state index >= 15 is 0 Å². The summed E-state index contributed by atoms with van der Waals surface area (Å²) in [5, 5.41) is 11.1. The average Bonchev–Trinajstić information content (AvgIpc) is 3.01. The highest BCUT2D eigenvalue weighted by molar-refractivity contribution is 5.80. The van der Waals surface area contributed by atoms with Crippen molar-refractivity contribution in [3.8, 4) is 5.75 Å². The summed E-state index contributed by atoms with van der Waals surface area (Å²) >= 11 is 0. The van der Waals surface area contributed by atoms with Crippen molar-refractivity contribution >= 4 is 17.0 Å². The van der Waals surface area contributed by atoms with E-state index in [4.69, 9.17) is 9.47 Å². The van der Waals surface area contributed by atoms with Crippen molar-refractivity contribution in [2.24, 2.45) is 7.05 Å². The number of pyridine rings is 1. The van der Waals surface area contributed by atoms with Crippen molar-refractivity contribution in [3.05, 3.63) is 57.0 Å². The summed E-state index contributed by atoms with van der Waals surface area (Å²) in [4.78, 5) is 29.4. The number of aromatic nitrogens is 3. The molecular formula is C26H35N3O5. The van der Waals surface area contributed by atoms with Crippen LogP contribution in [0.25, 0.3) is 11.0 Å². The van der Waals surface area contributed by atoms with Crippen molar-refractivity contribution in [2.45, 2.75) is 65.5 Å². The van der Waals surface area contributed by atoms with Gasteiger partial charge in [-0.3, -0.25) is 14.3 Å². The molecule has 0 bridgehead atoms. The number of aryl methyl sites for hydroxylation is 3. The number of hydrogen-bond acceptors (Lipinski definition) is 6. The molecule has 1 unspecified atom stereocenters. The van der Waals surface area contributed by atoms with Gasteiger partial charge in [-0.15, -0.1) is 0 Å². The maximum Gasteiger partial charge on any atom is 0.305 e. The lowest BCUT2D eigenvalue weighted by atomic mass is 9.87. The third kappa shape index (κ3) is 5.33. The van der Waals surface area contributed by atoms with Crippen LogP contribution in [-0.2, 0) is 35.0 Å². The molecule has 0 aliphatic heterocycles. The van der Waals surface area contributed by atoms with Gasteiger partial charge in [-0.1, -0.05) is 32.9 Å². The molecular weight excluding hydrogens is 434 g/mol. The molecule has 0 amide bonds. The molecule has 8 nitrogen and oxygen atoms in total. The minimum absolute atomic E-state index is 0.0530. The number of ether oxygens (including phenoxy) is 2. The number of methoxy groups -OCH3 is 1. The first-order valence-electron chi connectivity index (χ1n) is 11.5. The predicted molar refractivity (Wildman–Crippen MR) is 131 cm³/mol. The maximum atomic E-state index is 13.2. The highest BCUT2D eigenvalue weighted by Gasteiger charge is 2.21. The molecule has 3 aromatic rings. The SMILES string of the molecule is COC(=O)CCc1c(C)nc2c(c1C)c(=O)n(CC(O)COc1ccc(C(C)(C)C)cc1)n2C. The van der Waals surface area contributed by atoms with Crippen molar-refractivity contribution in [1.82, 2.24) is 14.3 Å². The van der Waals surface area contributed by atoms with Crippen LogP contribution in [0, 0.1) is 13.8 Å². The van der Waals surface area contributed by atoms with Crippen LogP contribution in [0.1, 0.15) is 49.6 Å². The molecule has 0 saturated heterocycles. The van der Waals surface area contributed by atoms with Gasteiger partial charge in [0, 0.05) is 19.2 Å². The maximum absolute atomic E-state index is 13.2. The molecule has 8 heteroatoms. The molecule has 3 rings (SSSR count). The Labute approximate surface area is 200 Å². The minimum atomic E-state index is -0.886. The van der Waals surface area contributed by atoms with Crippen molar-refractivity contribution < 1.29 is 19.4 Å². The van der Waals surface area contributed by atoms with Crippen LogP contribution in [0.5, 0.6) is 5.75 Å². The zero-order chi connectivity index (χ0) is 25.2. The van der Waals surface area contributed by atoms with E-state index in [-0.39, 0.29) is 36.5 Å². The molecule has 1 N–H and O–H groups in total. The number of rotatable bonds is 8. The predicted octanol–water partition coefficient (Wildman–Crippen LogP) is 3.19. The number of carbonyl (C=O) groups excluding carboxylic acids is 1. The van der Waals surface area contributed by atoms with Gasteiger partial charge < -0.3 is 14.6 Å². The third-order valence-electron chi connectivity index (χ3n) is 6.23. The summed E-state index contributed by atoms with van der Waals surface area (Å²) in [5.41, 5.74) is 4.02. The Balaban J connectivity index is 1.78. The second kappa shape index (κ2) is 10.0. The fraction of sp³-hybridized carbons (Fsp3) is 0.500. The molecule has 0 aliphatic carbocycles. The van der Waals surface area contributed by atoms with Gasteiger partial charge in [0.1, 0.15) is 18.5 Å². The van der Waals surface area contributed by atoms with Crippen LogP contribution < -0.4 is 10.3 Å². The van der Waals surface area contributed by atoms with Gasteiger partial charge in [0.05, 0.1) is 19.0 Å². The van der Waals surface area contributed by atoms with E-state index in [2.05, 4.69) is 25.8 Å². The fourth-order valence-electron chi connectivity index (χ4n) is 4.14. The number of nitrogens with zero attached hydrogens (tertiary/aromatic N) is 3. The van der Waals surface area contributed by atoms with E-state index in [0.29, 0.717) is 23.2 Å². The summed E-state index contributed by atoms with van der Waals surface area (Å²) in [5.74, 6) is 0.361. The molecule has 2 aromatic heterocycles. The van der Waals surface area contributed by atoms with E-state index in [1.807, 2.05) is 38.1 Å². The van der Waals surface area contributed by atoms with E-state index < -0.39 is 6.10 Å². The molecule has 1 atom stereocenters. The smallest absolute Gasteiger partial charge is 0.305 e. The van der Waals surface area contributed by atoms with Gasteiger partial charge in [-0.25, -0.2) is 9.67 Å². The third-order valence-corrected chi connectivity index (χ3v) is 6.23. The highest BCUT2D eigenvalue weighted by atomic mass is 16.5. The number of fused-ring (bicyclic) bond motifs is 1. The number of esters is 1. The molecule has 2 heterocycles. The lowest BCUT2D eigenvalue weighted by Gasteiger charge is -2.19. The van der Waals surface area contributed by atoms with Gasteiger partial charge in [0.15, 0.2) is 5.65 Å². The van der Waals surface area contributed by atoms with Crippen molar-refractivity contribution in [2.75, 3.05) is 13.7 Å². The average molecular weight is 470 g/mol. The van der Waals surface area contributed by atoms with Gasteiger partial charge in [-0.2, -0.15) is 0 Å². The van der Waals surface area contributed by atoms with Gasteiger partial charge in [0.2, 0.25) is 0 Å². The molecule has 34 heavy (non-hydrogen) atoms. The number of benzene rings is 1. The minimum Gasteiger partial charge on any atom is -0.491 e. The molecule has 0 aliphatic rings. The first-order chi connectivity index (χ1) is 15.9. The molecule has 0 radical (unpaired) electrons. The summed E-state index contributed by atoms with van der Waals surface area (Å²) in [6.07, 6.45) is -0.214. The first kappa shape index (κ1) is 25.5. The van der Waals surface area contributed by atoms with Crippen LogP contribution in [0.2, 0.25) is 0 Å². The Morgan fingerprint density at radius 3 is 2.41 bits per heavy atom. The Hall–Kier alpha value is -3.13. The van der Waals surface area contributed by atoms with E-state index in [9.17, 15) is 14.7 Å². The fourth-order valence-corrected chi connectivity index (χ4v) is 4.14. The van der Waals surface area contributed by atoms with Crippen LogP contribution >= 0.6 is 0 Å². The monoisotopic (exact) mass is 469 g/mol. The quantitative estimate of drug-likeness (QED) is 0.509. The molecule has 184 valence electrons. The summed E-state index contributed by atoms with van der Waals surface area (Å²) in [6, 6.07) is 7.82. The number of hydrogen-bond donors (Lipinski definition) is 1. The summed E-state index contributed by atoms with van der Waals surface area (Å²) in [7, 11) is 3.11. The highest BCUT2D eigenvalue weighted by Crippen LogP contribution is 2.25. The molecule has 1 aromatic carbocycles. The van der Waals surface area contributed by atoms with Gasteiger partial charge >= 0.3 is 5.97 Å². The number of carbonyl (C=O) groups is 1. The van der Waals surface area contributed by atoms with Crippen molar-refractivity contribution in [1.29, 1.82) is 0 Å².